The summed E-state index contributed by atoms with van der Waals surface area (Å²) in [4.78, 5) is 11.8. The number of nitrogens with one attached hydrogen (secondary N) is 1. The second kappa shape index (κ2) is 5.52. The molecule has 0 bridgehead atoms. The molecule has 2 aromatic rings. The van der Waals surface area contributed by atoms with Crippen molar-refractivity contribution in [3.63, 3.8) is 0 Å². The molecule has 0 fully saturated rings. The van der Waals surface area contributed by atoms with Gasteiger partial charge in [0.05, 0.1) is 17.5 Å². The highest BCUT2D eigenvalue weighted by molar-refractivity contribution is 6.01. The fourth-order valence-electron chi connectivity index (χ4n) is 1.67. The molecular weight excluding hydrogens is 240 g/mol. The largest absolute Gasteiger partial charge is 0.469 e. The topological polar surface area (TPSA) is 54.6 Å². The van der Waals surface area contributed by atoms with Crippen molar-refractivity contribution < 1.29 is 9.21 Å². The van der Waals surface area contributed by atoms with Crippen molar-refractivity contribution in [1.82, 2.24) is 5.43 Å². The lowest BCUT2D eigenvalue weighted by molar-refractivity contribution is 0.0953. The number of rotatable bonds is 3. The molecular formula is C15H16N2O2. The molecule has 0 radical (unpaired) electrons. The van der Waals surface area contributed by atoms with E-state index in [0.29, 0.717) is 11.3 Å². The summed E-state index contributed by atoms with van der Waals surface area (Å²) < 4.78 is 5.08. The minimum atomic E-state index is -0.266. The maximum Gasteiger partial charge on any atom is 0.274 e. The number of carbonyl (C=O) groups is 1. The summed E-state index contributed by atoms with van der Waals surface area (Å²) in [6, 6.07) is 9.60. The summed E-state index contributed by atoms with van der Waals surface area (Å²) >= 11 is 0. The Morgan fingerprint density at radius 1 is 1.16 bits per heavy atom. The van der Waals surface area contributed by atoms with Gasteiger partial charge in [0.25, 0.3) is 5.91 Å². The molecule has 4 heteroatoms. The Balaban J connectivity index is 2.08. The van der Waals surface area contributed by atoms with Crippen LogP contribution in [0, 0.1) is 13.8 Å². The van der Waals surface area contributed by atoms with Crippen LogP contribution in [0.3, 0.4) is 0 Å². The molecule has 1 aromatic heterocycles. The molecule has 0 atom stereocenters. The first kappa shape index (κ1) is 13.1. The zero-order valence-electron chi connectivity index (χ0n) is 11.2. The van der Waals surface area contributed by atoms with Crippen LogP contribution in [0.4, 0.5) is 0 Å². The Morgan fingerprint density at radius 2 is 1.84 bits per heavy atom. The normalized spacial score (nSPS) is 11.4. The lowest BCUT2D eigenvalue weighted by Crippen LogP contribution is -2.19. The average Bonchev–Trinajstić information content (AvgIpc) is 2.83. The number of hydrazone groups is 1. The van der Waals surface area contributed by atoms with E-state index in [4.69, 9.17) is 4.42 Å². The van der Waals surface area contributed by atoms with Crippen molar-refractivity contribution >= 4 is 11.6 Å². The zero-order chi connectivity index (χ0) is 13.8. The van der Waals surface area contributed by atoms with Crippen molar-refractivity contribution in [3.8, 4) is 0 Å². The second-order valence-corrected chi connectivity index (χ2v) is 4.39. The van der Waals surface area contributed by atoms with Gasteiger partial charge in [0.1, 0.15) is 5.76 Å². The van der Waals surface area contributed by atoms with Crippen molar-refractivity contribution in [1.29, 1.82) is 0 Å². The van der Waals surface area contributed by atoms with Crippen LogP contribution in [0.5, 0.6) is 0 Å². The van der Waals surface area contributed by atoms with Crippen molar-refractivity contribution in [2.45, 2.75) is 20.8 Å². The number of furan rings is 1. The fourth-order valence-corrected chi connectivity index (χ4v) is 1.67. The molecule has 4 nitrogen and oxygen atoms in total. The Labute approximate surface area is 112 Å². The van der Waals surface area contributed by atoms with Gasteiger partial charge in [-0.1, -0.05) is 29.8 Å². The van der Waals surface area contributed by atoms with Crippen LogP contribution in [-0.2, 0) is 0 Å². The summed E-state index contributed by atoms with van der Waals surface area (Å²) in [6.07, 6.45) is 1.49. The fraction of sp³-hybridized carbons (Fsp3) is 0.200. The van der Waals surface area contributed by atoms with E-state index in [-0.39, 0.29) is 5.91 Å². The van der Waals surface area contributed by atoms with Gasteiger partial charge in [0.2, 0.25) is 0 Å². The van der Waals surface area contributed by atoms with Gasteiger partial charge in [0, 0.05) is 0 Å². The molecule has 0 saturated heterocycles. The van der Waals surface area contributed by atoms with Gasteiger partial charge in [0.15, 0.2) is 0 Å². The number of hydrogen-bond donors (Lipinski definition) is 1. The minimum Gasteiger partial charge on any atom is -0.469 e. The van der Waals surface area contributed by atoms with E-state index in [2.05, 4.69) is 10.5 Å². The summed E-state index contributed by atoms with van der Waals surface area (Å²) in [5.74, 6) is 0.318. The van der Waals surface area contributed by atoms with Crippen LogP contribution >= 0.6 is 0 Å². The van der Waals surface area contributed by atoms with Crippen LogP contribution in [0.1, 0.15) is 34.2 Å². The number of nitrogens with zero attached hydrogens (tertiary/aromatic N) is 1. The van der Waals surface area contributed by atoms with E-state index < -0.39 is 0 Å². The highest BCUT2D eigenvalue weighted by atomic mass is 16.3. The monoisotopic (exact) mass is 256 g/mol. The lowest BCUT2D eigenvalue weighted by Gasteiger charge is -2.03. The molecule has 0 spiro atoms. The van der Waals surface area contributed by atoms with E-state index in [1.807, 2.05) is 38.1 Å². The first-order valence-electron chi connectivity index (χ1n) is 6.03. The first-order valence-corrected chi connectivity index (χ1v) is 6.03. The maximum absolute atomic E-state index is 11.8. The molecule has 0 aliphatic carbocycles. The molecule has 1 heterocycles. The highest BCUT2D eigenvalue weighted by Crippen LogP contribution is 2.08. The van der Waals surface area contributed by atoms with E-state index in [1.54, 1.807) is 13.0 Å². The Bertz CT molecular complexity index is 609. The third-order valence-corrected chi connectivity index (χ3v) is 2.90. The molecule has 1 aromatic carbocycles. The Hall–Kier alpha value is -2.36. The number of carbonyl (C=O) groups excluding carboxylic acids is 1. The lowest BCUT2D eigenvalue weighted by atomic mass is 10.1. The molecule has 19 heavy (non-hydrogen) atoms. The van der Waals surface area contributed by atoms with E-state index >= 15 is 0 Å². The van der Waals surface area contributed by atoms with Gasteiger partial charge in [-0.15, -0.1) is 0 Å². The first-order chi connectivity index (χ1) is 9.08. The van der Waals surface area contributed by atoms with E-state index in [0.717, 1.165) is 11.3 Å². The Morgan fingerprint density at radius 3 is 2.42 bits per heavy atom. The summed E-state index contributed by atoms with van der Waals surface area (Å²) in [5.41, 5.74) is 5.96. The number of hydrogen-bond acceptors (Lipinski definition) is 3. The van der Waals surface area contributed by atoms with Crippen LogP contribution in [0.2, 0.25) is 0 Å². The molecule has 0 unspecified atom stereocenters. The van der Waals surface area contributed by atoms with Crippen LogP contribution in [-0.4, -0.2) is 11.6 Å². The smallest absolute Gasteiger partial charge is 0.274 e. The van der Waals surface area contributed by atoms with Crippen molar-refractivity contribution in [2.75, 3.05) is 0 Å². The summed E-state index contributed by atoms with van der Waals surface area (Å²) in [5, 5.41) is 4.10. The number of amides is 1. The molecule has 0 aliphatic rings. The average molecular weight is 256 g/mol. The predicted octanol–water partition coefficient (Wildman–Crippen LogP) is 3.05. The van der Waals surface area contributed by atoms with Crippen molar-refractivity contribution in [2.24, 2.45) is 5.10 Å². The zero-order valence-corrected chi connectivity index (χ0v) is 11.2. The quantitative estimate of drug-likeness (QED) is 0.677. The van der Waals surface area contributed by atoms with Gasteiger partial charge in [-0.05, 0) is 32.4 Å². The standard InChI is InChI=1S/C15H16N2O2/c1-10-4-6-13(7-5-10)11(2)16-17-15(18)14-8-9-19-12(14)3/h4-9H,1-3H3,(H,17,18). The third-order valence-electron chi connectivity index (χ3n) is 2.90. The van der Waals surface area contributed by atoms with Gasteiger partial charge >= 0.3 is 0 Å². The number of aryl methyl sites for hydroxylation is 2. The van der Waals surface area contributed by atoms with E-state index in [1.165, 1.54) is 11.8 Å². The highest BCUT2D eigenvalue weighted by Gasteiger charge is 2.10. The van der Waals surface area contributed by atoms with Crippen LogP contribution < -0.4 is 5.43 Å². The third kappa shape index (κ3) is 3.10. The van der Waals surface area contributed by atoms with Crippen molar-refractivity contribution in [3.05, 3.63) is 59.0 Å². The molecule has 0 saturated carbocycles. The van der Waals surface area contributed by atoms with Crippen LogP contribution in [0.15, 0.2) is 46.1 Å². The number of benzene rings is 1. The van der Waals surface area contributed by atoms with Gasteiger partial charge in [-0.2, -0.15) is 5.10 Å². The SMILES string of the molecule is CC(=NNC(=O)c1ccoc1C)c1ccc(C)cc1. The molecule has 1 amide bonds. The predicted molar refractivity (Wildman–Crippen MR) is 74.3 cm³/mol. The minimum absolute atomic E-state index is 0.266. The van der Waals surface area contributed by atoms with E-state index in [9.17, 15) is 4.79 Å². The molecule has 0 aliphatic heterocycles. The Kier molecular flexibility index (Phi) is 3.80. The second-order valence-electron chi connectivity index (χ2n) is 4.39. The molecule has 1 N–H and O–H groups in total. The molecule has 98 valence electrons. The van der Waals surface area contributed by atoms with Gasteiger partial charge < -0.3 is 4.42 Å². The van der Waals surface area contributed by atoms with Crippen LogP contribution in [0.25, 0.3) is 0 Å². The van der Waals surface area contributed by atoms with Gasteiger partial charge in [-0.25, -0.2) is 5.43 Å². The maximum atomic E-state index is 11.8. The summed E-state index contributed by atoms with van der Waals surface area (Å²) in [6.45, 7) is 5.62. The van der Waals surface area contributed by atoms with Gasteiger partial charge in [-0.3, -0.25) is 4.79 Å². The molecule has 2 rings (SSSR count). The summed E-state index contributed by atoms with van der Waals surface area (Å²) in [7, 11) is 0.